The van der Waals surface area contributed by atoms with Crippen molar-refractivity contribution in [3.05, 3.63) is 5.83 Å². The van der Waals surface area contributed by atoms with Crippen LogP contribution in [0, 0.1) is 0 Å². The molecule has 0 saturated carbocycles. The molecule has 0 fully saturated rings. The zero-order valence-corrected chi connectivity index (χ0v) is 3.12. The summed E-state index contributed by atoms with van der Waals surface area (Å²) in [6, 6.07) is 0. The number of allylic oxidation sites excluding steroid dienone is 1. The van der Waals surface area contributed by atoms with Gasteiger partial charge in [-0.05, 0) is 0 Å². The van der Waals surface area contributed by atoms with E-state index in [-0.39, 0.29) is 0 Å². The second-order valence-corrected chi connectivity index (χ2v) is 0.751. The van der Waals surface area contributed by atoms with E-state index < -0.39 is 12.3 Å². The summed E-state index contributed by atoms with van der Waals surface area (Å²) in [6.45, 7) is 0. The topological polar surface area (TPSA) is 17.1 Å². The molecule has 0 aromatic rings. The summed E-state index contributed by atoms with van der Waals surface area (Å²) >= 11 is 0. The van der Waals surface area contributed by atoms with Gasteiger partial charge in [0.25, 0.3) is 6.43 Å². The Morgan fingerprint density at radius 1 is 1.57 bits per heavy atom. The maximum Gasteiger partial charge on any atom is 0.300 e. The lowest BCUT2D eigenvalue weighted by atomic mass is 10.6. The average Bonchev–Trinajstić information content (AvgIpc) is 1.65. The van der Waals surface area contributed by atoms with E-state index in [1.54, 1.807) is 0 Å². The van der Waals surface area contributed by atoms with E-state index in [9.17, 15) is 13.2 Å². The Kier molecular flexibility index (Phi) is 2.16. The predicted molar refractivity (Wildman–Crippen MR) is 16.3 cm³/mol. The molecule has 0 atom stereocenters. The van der Waals surface area contributed by atoms with Crippen molar-refractivity contribution in [3.8, 4) is 0 Å². The summed E-state index contributed by atoms with van der Waals surface area (Å²) < 4.78 is 32.5. The van der Waals surface area contributed by atoms with Crippen LogP contribution in [0.25, 0.3) is 0 Å². The van der Waals surface area contributed by atoms with Crippen LogP contribution in [-0.2, 0) is 4.79 Å². The van der Waals surface area contributed by atoms with Gasteiger partial charge >= 0.3 is 0 Å². The van der Waals surface area contributed by atoms with Crippen LogP contribution in [0.5, 0.6) is 0 Å². The average molecular weight is 110 g/mol. The lowest BCUT2D eigenvalue weighted by molar-refractivity contribution is 0.161. The highest BCUT2D eigenvalue weighted by Gasteiger charge is 2.09. The largest absolute Gasteiger partial charge is 0.300 e. The Labute approximate surface area is 37.4 Å². The van der Waals surface area contributed by atoms with Gasteiger partial charge in [-0.1, -0.05) is 0 Å². The maximum atomic E-state index is 11.0. The standard InChI is InChI=1S/C3HF3O/c4-2(1-7)3(5)6/h3H. The summed E-state index contributed by atoms with van der Waals surface area (Å²) in [4.78, 5) is 8.93. The third-order valence-electron chi connectivity index (χ3n) is 0.289. The minimum atomic E-state index is -3.31. The summed E-state index contributed by atoms with van der Waals surface area (Å²) in [7, 11) is 0. The molecule has 0 aromatic carbocycles. The Morgan fingerprint density at radius 3 is 2.00 bits per heavy atom. The molecule has 0 aromatic heterocycles. The quantitative estimate of drug-likeness (QED) is 0.459. The number of hydrogen-bond donors (Lipinski definition) is 0. The van der Waals surface area contributed by atoms with Gasteiger partial charge in [0.1, 0.15) is 0 Å². The van der Waals surface area contributed by atoms with Crippen molar-refractivity contribution in [3.63, 3.8) is 0 Å². The smallest absolute Gasteiger partial charge is 0.230 e. The zero-order valence-electron chi connectivity index (χ0n) is 3.12. The van der Waals surface area contributed by atoms with Gasteiger partial charge in [-0.25, -0.2) is 13.6 Å². The molecule has 0 spiro atoms. The van der Waals surface area contributed by atoms with Crippen molar-refractivity contribution < 1.29 is 18.0 Å². The van der Waals surface area contributed by atoms with E-state index in [1.807, 2.05) is 0 Å². The number of halogens is 3. The minimum Gasteiger partial charge on any atom is -0.230 e. The first kappa shape index (κ1) is 6.24. The van der Waals surface area contributed by atoms with Crippen LogP contribution < -0.4 is 0 Å². The van der Waals surface area contributed by atoms with E-state index >= 15 is 0 Å². The van der Waals surface area contributed by atoms with Crippen molar-refractivity contribution in [1.82, 2.24) is 0 Å². The minimum absolute atomic E-state index is 0.414. The molecule has 4 heteroatoms. The van der Waals surface area contributed by atoms with Crippen molar-refractivity contribution in [2.45, 2.75) is 6.43 Å². The summed E-state index contributed by atoms with van der Waals surface area (Å²) in [6.07, 6.45) is -3.31. The molecule has 0 aliphatic heterocycles. The Hall–Kier alpha value is -0.760. The number of carbonyl (C=O) groups excluding carboxylic acids is 1. The molecule has 0 N–H and O–H groups in total. The highest BCUT2D eigenvalue weighted by molar-refractivity contribution is 5.49. The van der Waals surface area contributed by atoms with Gasteiger partial charge in [-0.3, -0.25) is 0 Å². The molecule has 0 amide bonds. The van der Waals surface area contributed by atoms with Gasteiger partial charge < -0.3 is 0 Å². The SMILES string of the molecule is O=C=C(F)C(F)F. The van der Waals surface area contributed by atoms with Gasteiger partial charge in [-0.2, -0.15) is 4.39 Å². The highest BCUT2D eigenvalue weighted by atomic mass is 19.3. The Bertz CT molecular complexity index is 103. The van der Waals surface area contributed by atoms with E-state index in [0.717, 1.165) is 0 Å². The molecule has 1 nitrogen and oxygen atoms in total. The maximum absolute atomic E-state index is 11.0. The van der Waals surface area contributed by atoms with Gasteiger partial charge in [0, 0.05) is 0 Å². The Morgan fingerprint density at radius 2 is 2.00 bits per heavy atom. The van der Waals surface area contributed by atoms with Crippen LogP contribution >= 0.6 is 0 Å². The molecule has 7 heavy (non-hydrogen) atoms. The van der Waals surface area contributed by atoms with E-state index in [4.69, 9.17) is 4.79 Å². The van der Waals surface area contributed by atoms with Gasteiger partial charge in [0.2, 0.25) is 5.83 Å². The molecule has 0 rings (SSSR count). The van der Waals surface area contributed by atoms with E-state index in [0.29, 0.717) is 5.94 Å². The van der Waals surface area contributed by atoms with E-state index in [2.05, 4.69) is 0 Å². The Balaban J connectivity index is 3.81. The zero-order chi connectivity index (χ0) is 5.86. The fraction of sp³-hybridized carbons (Fsp3) is 0.333. The summed E-state index contributed by atoms with van der Waals surface area (Å²) in [5, 5.41) is 0. The molecule has 0 aliphatic rings. The molecule has 0 unspecified atom stereocenters. The molecule has 0 aliphatic carbocycles. The monoisotopic (exact) mass is 110 g/mol. The number of rotatable bonds is 1. The van der Waals surface area contributed by atoms with Gasteiger partial charge in [0.15, 0.2) is 5.94 Å². The van der Waals surface area contributed by atoms with Crippen LogP contribution in [0.3, 0.4) is 0 Å². The second kappa shape index (κ2) is 2.42. The molecule has 0 heterocycles. The normalized spacial score (nSPS) is 8.57. The highest BCUT2D eigenvalue weighted by Crippen LogP contribution is 2.03. The van der Waals surface area contributed by atoms with Crippen molar-refractivity contribution in [1.29, 1.82) is 0 Å². The fourth-order valence-corrected chi connectivity index (χ4v) is 0.0445. The van der Waals surface area contributed by atoms with Crippen LogP contribution in [0.2, 0.25) is 0 Å². The molecular weight excluding hydrogens is 109 g/mol. The van der Waals surface area contributed by atoms with Crippen molar-refractivity contribution in [2.24, 2.45) is 0 Å². The van der Waals surface area contributed by atoms with Crippen LogP contribution in [0.1, 0.15) is 0 Å². The van der Waals surface area contributed by atoms with Crippen LogP contribution in [0.4, 0.5) is 13.2 Å². The van der Waals surface area contributed by atoms with Crippen LogP contribution in [-0.4, -0.2) is 12.4 Å². The van der Waals surface area contributed by atoms with Crippen molar-refractivity contribution >= 4 is 5.94 Å². The van der Waals surface area contributed by atoms with E-state index in [1.165, 1.54) is 0 Å². The molecular formula is C3HF3O. The van der Waals surface area contributed by atoms with Gasteiger partial charge in [-0.15, -0.1) is 0 Å². The van der Waals surface area contributed by atoms with Gasteiger partial charge in [0.05, 0.1) is 0 Å². The third-order valence-corrected chi connectivity index (χ3v) is 0.289. The molecule has 0 saturated heterocycles. The summed E-state index contributed by atoms with van der Waals surface area (Å²) in [5.74, 6) is -1.63. The third kappa shape index (κ3) is 2.00. The predicted octanol–water partition coefficient (Wildman–Crippen LogP) is 0.936. The molecule has 40 valence electrons. The second-order valence-electron chi connectivity index (χ2n) is 0.751. The first-order chi connectivity index (χ1) is 3.18. The first-order valence-electron chi connectivity index (χ1n) is 1.37. The fourth-order valence-electron chi connectivity index (χ4n) is 0.0445. The van der Waals surface area contributed by atoms with Crippen LogP contribution in [0.15, 0.2) is 5.83 Å². The number of hydrogen-bond acceptors (Lipinski definition) is 1. The first-order valence-corrected chi connectivity index (χ1v) is 1.37. The number of alkyl halides is 2. The lowest BCUT2D eigenvalue weighted by Crippen LogP contribution is -1.88. The molecule has 0 radical (unpaired) electrons. The van der Waals surface area contributed by atoms with Crippen molar-refractivity contribution in [2.75, 3.05) is 0 Å². The lowest BCUT2D eigenvalue weighted by Gasteiger charge is -1.81. The molecule has 0 bridgehead atoms. The summed E-state index contributed by atoms with van der Waals surface area (Å²) in [5.41, 5.74) is 0.